The van der Waals surface area contributed by atoms with Crippen molar-refractivity contribution in [2.24, 2.45) is 0 Å². The third-order valence-corrected chi connectivity index (χ3v) is 2.25. The molecule has 0 aromatic rings. The van der Waals surface area contributed by atoms with Gasteiger partial charge in [-0.05, 0) is 0 Å². The Bertz CT molecular complexity index is 224. The average Bonchev–Trinajstić information content (AvgIpc) is 1.25. The van der Waals surface area contributed by atoms with Gasteiger partial charge in [-0.25, -0.2) is 16.8 Å². The van der Waals surface area contributed by atoms with Crippen LogP contribution in [0.5, 0.6) is 0 Å². The molecule has 10 heavy (non-hydrogen) atoms. The first-order valence-electron chi connectivity index (χ1n) is 1.17. The summed E-state index contributed by atoms with van der Waals surface area (Å²) in [6, 6.07) is 0. The second-order valence-electron chi connectivity index (χ2n) is 0.816. The van der Waals surface area contributed by atoms with Gasteiger partial charge in [-0.1, -0.05) is 0 Å². The van der Waals surface area contributed by atoms with Gasteiger partial charge in [-0.2, -0.15) is 0 Å². The summed E-state index contributed by atoms with van der Waals surface area (Å²) in [6.45, 7) is 0. The molecular weight excluding hydrogens is 216 g/mol. The van der Waals surface area contributed by atoms with Gasteiger partial charge in [-0.15, -0.1) is 0 Å². The Kier molecular flexibility index (Phi) is 8.31. The molecule has 0 amide bonds. The predicted octanol–water partition coefficient (Wildman–Crippen LogP) is -3.21. The smallest absolute Gasteiger partial charge is 0.736 e. The maximum absolute atomic E-state index is 9.20. The SMILES string of the molecule is O.O=S(=O)([O-])S(=O)(=O)[O-].[Ca+2]. The van der Waals surface area contributed by atoms with Gasteiger partial charge in [0.05, 0.1) is 0 Å². The van der Waals surface area contributed by atoms with E-state index in [2.05, 4.69) is 0 Å². The van der Waals surface area contributed by atoms with Crippen molar-refractivity contribution < 1.29 is 31.4 Å². The average molecular weight is 218 g/mol. The van der Waals surface area contributed by atoms with E-state index in [1.807, 2.05) is 0 Å². The van der Waals surface area contributed by atoms with E-state index in [4.69, 9.17) is 0 Å². The molecule has 0 bridgehead atoms. The van der Waals surface area contributed by atoms with Crippen LogP contribution in [0.4, 0.5) is 0 Å². The van der Waals surface area contributed by atoms with Crippen LogP contribution in [0.1, 0.15) is 0 Å². The van der Waals surface area contributed by atoms with Crippen molar-refractivity contribution in [3.63, 3.8) is 0 Å². The molecule has 0 radical (unpaired) electrons. The Balaban J connectivity index is -0.000000245. The summed E-state index contributed by atoms with van der Waals surface area (Å²) in [5, 5.41) is 0. The first kappa shape index (κ1) is 17.2. The van der Waals surface area contributed by atoms with Crippen LogP contribution in [0.2, 0.25) is 0 Å². The summed E-state index contributed by atoms with van der Waals surface area (Å²) >= 11 is 0. The van der Waals surface area contributed by atoms with Crippen LogP contribution in [-0.2, 0) is 18.3 Å². The van der Waals surface area contributed by atoms with Gasteiger partial charge in [0.15, 0.2) is 18.3 Å². The van der Waals surface area contributed by atoms with Crippen molar-refractivity contribution in [3.05, 3.63) is 0 Å². The molecule has 2 N–H and O–H groups in total. The van der Waals surface area contributed by atoms with Gasteiger partial charge in [0, 0.05) is 0 Å². The van der Waals surface area contributed by atoms with E-state index in [1.54, 1.807) is 0 Å². The fraction of sp³-hybridized carbons (Fsp3) is 0. The molecular formula is H2CaO7S2. The Morgan fingerprint density at radius 2 is 0.900 bits per heavy atom. The molecule has 0 saturated heterocycles. The van der Waals surface area contributed by atoms with Gasteiger partial charge in [0.25, 0.3) is 0 Å². The number of rotatable bonds is 1. The van der Waals surface area contributed by atoms with E-state index < -0.39 is 18.3 Å². The van der Waals surface area contributed by atoms with Crippen LogP contribution in [0.3, 0.4) is 0 Å². The van der Waals surface area contributed by atoms with E-state index in [1.165, 1.54) is 0 Å². The molecule has 10 heteroatoms. The molecule has 7 nitrogen and oxygen atoms in total. The number of hydrogen-bond acceptors (Lipinski definition) is 6. The molecule has 0 aliphatic heterocycles. The fourth-order valence-electron chi connectivity index (χ4n) is 0. The molecule has 0 aromatic heterocycles. The zero-order valence-electron chi connectivity index (χ0n) is 4.47. The molecule has 0 aliphatic carbocycles. The molecule has 0 atom stereocenters. The van der Waals surface area contributed by atoms with Crippen molar-refractivity contribution in [2.75, 3.05) is 0 Å². The minimum absolute atomic E-state index is 0. The molecule has 0 saturated carbocycles. The molecule has 0 unspecified atom stereocenters. The van der Waals surface area contributed by atoms with E-state index >= 15 is 0 Å². The Morgan fingerprint density at radius 1 is 0.800 bits per heavy atom. The fourth-order valence-corrected chi connectivity index (χ4v) is 0. The van der Waals surface area contributed by atoms with Crippen molar-refractivity contribution in [2.45, 2.75) is 0 Å². The summed E-state index contributed by atoms with van der Waals surface area (Å²) in [6.07, 6.45) is 0. The first-order chi connectivity index (χ1) is 3.25. The predicted molar refractivity (Wildman–Crippen MR) is 28.8 cm³/mol. The number of hydrogen-bond donors (Lipinski definition) is 0. The van der Waals surface area contributed by atoms with Gasteiger partial charge in [0.1, 0.15) is 0 Å². The summed E-state index contributed by atoms with van der Waals surface area (Å²) in [5.74, 6) is 0. The molecule has 58 valence electrons. The summed E-state index contributed by atoms with van der Waals surface area (Å²) < 4.78 is 55.2. The largest absolute Gasteiger partial charge is 2.00 e. The third-order valence-electron chi connectivity index (χ3n) is 0.250. The van der Waals surface area contributed by atoms with Crippen molar-refractivity contribution in [1.29, 1.82) is 0 Å². The minimum Gasteiger partial charge on any atom is -0.736 e. The van der Waals surface area contributed by atoms with Gasteiger partial charge >= 0.3 is 37.7 Å². The Hall–Kier alpha value is 1.04. The molecule has 0 aliphatic rings. The molecule has 0 rings (SSSR count). The van der Waals surface area contributed by atoms with Crippen LogP contribution in [0.25, 0.3) is 0 Å². The van der Waals surface area contributed by atoms with Crippen LogP contribution in [-0.4, -0.2) is 69.2 Å². The second-order valence-corrected chi connectivity index (χ2v) is 4.90. The molecule has 0 aromatic carbocycles. The summed E-state index contributed by atoms with van der Waals surface area (Å²) in [4.78, 5) is 0. The standard InChI is InChI=1S/Ca.H2O6S2.H2O/c;1-7(2,3)8(4,5)6;/h;(H,1,2,3)(H,4,5,6);1H2/q+2;;/p-2. The quantitative estimate of drug-likeness (QED) is 0.257. The summed E-state index contributed by atoms with van der Waals surface area (Å²) in [7, 11) is -11.3. The maximum Gasteiger partial charge on any atom is 2.00 e. The van der Waals surface area contributed by atoms with Crippen molar-refractivity contribution in [1.82, 2.24) is 0 Å². The zero-order valence-corrected chi connectivity index (χ0v) is 8.31. The molecule has 0 heterocycles. The van der Waals surface area contributed by atoms with Crippen LogP contribution in [0.15, 0.2) is 0 Å². The van der Waals surface area contributed by atoms with E-state index in [-0.39, 0.29) is 43.2 Å². The molecule has 0 spiro atoms. The van der Waals surface area contributed by atoms with Crippen LogP contribution < -0.4 is 0 Å². The third kappa shape index (κ3) is 5.80. The van der Waals surface area contributed by atoms with Crippen molar-refractivity contribution in [3.8, 4) is 0 Å². The Labute approximate surface area is 86.6 Å². The van der Waals surface area contributed by atoms with E-state index in [0.717, 1.165) is 0 Å². The topological polar surface area (TPSA) is 146 Å². The van der Waals surface area contributed by atoms with E-state index in [0.29, 0.717) is 0 Å². The maximum atomic E-state index is 9.20. The van der Waals surface area contributed by atoms with Crippen LogP contribution >= 0.6 is 0 Å². The van der Waals surface area contributed by atoms with Crippen molar-refractivity contribution >= 4 is 56.0 Å². The summed E-state index contributed by atoms with van der Waals surface area (Å²) in [5.41, 5.74) is 0. The first-order valence-corrected chi connectivity index (χ1v) is 4.50. The molecule has 0 fully saturated rings. The second kappa shape index (κ2) is 4.82. The monoisotopic (exact) mass is 218 g/mol. The Morgan fingerprint density at radius 3 is 0.900 bits per heavy atom. The zero-order chi connectivity index (χ0) is 7.00. The van der Waals surface area contributed by atoms with E-state index in [9.17, 15) is 25.9 Å². The minimum atomic E-state index is -5.67. The van der Waals surface area contributed by atoms with Gasteiger partial charge < -0.3 is 14.6 Å². The normalized spacial score (nSPS) is 11.0. The van der Waals surface area contributed by atoms with Crippen LogP contribution in [0, 0.1) is 0 Å². The van der Waals surface area contributed by atoms with Gasteiger partial charge in [-0.3, -0.25) is 0 Å². The van der Waals surface area contributed by atoms with Gasteiger partial charge in [0.2, 0.25) is 0 Å².